The van der Waals surface area contributed by atoms with Crippen LogP contribution in [0.1, 0.15) is 100 Å². The van der Waals surface area contributed by atoms with Gasteiger partial charge < -0.3 is 27.4 Å². The molecule has 58 heavy (non-hydrogen) atoms. The predicted octanol–water partition coefficient (Wildman–Crippen LogP) is 8.51. The molecule has 0 aliphatic carbocycles. The van der Waals surface area contributed by atoms with Crippen LogP contribution in [0, 0.1) is 23.7 Å². The third-order valence-electron chi connectivity index (χ3n) is 14.7. The van der Waals surface area contributed by atoms with Gasteiger partial charge in [-0.2, -0.15) is 0 Å². The molecule has 0 saturated carbocycles. The van der Waals surface area contributed by atoms with Crippen LogP contribution in [0.4, 0.5) is 0 Å². The first-order valence-corrected chi connectivity index (χ1v) is 23.4. The summed E-state index contributed by atoms with van der Waals surface area (Å²) >= 11 is 0. The van der Waals surface area contributed by atoms with E-state index >= 15 is 0 Å². The van der Waals surface area contributed by atoms with Crippen molar-refractivity contribution in [3.63, 3.8) is 0 Å². The second-order valence-corrected chi connectivity index (χ2v) is 18.6. The van der Waals surface area contributed by atoms with Gasteiger partial charge in [0, 0.05) is 35.1 Å². The van der Waals surface area contributed by atoms with Gasteiger partial charge in [-0.1, -0.05) is 63.2 Å². The van der Waals surface area contributed by atoms with Crippen LogP contribution in [-0.4, -0.2) is 136 Å². The molecule has 3 aromatic rings. The average Bonchev–Trinajstić information content (AvgIpc) is 3.28. The summed E-state index contributed by atoms with van der Waals surface area (Å²) in [5.41, 5.74) is 3.96. The first-order chi connectivity index (χ1) is 28.4. The third-order valence-corrected chi connectivity index (χ3v) is 14.7. The molecule has 0 N–H and O–H groups in total. The molecule has 4 bridgehead atoms. The van der Waals surface area contributed by atoms with Gasteiger partial charge in [-0.3, -0.25) is 0 Å². The molecule has 6 aliphatic heterocycles. The highest BCUT2D eigenvalue weighted by molar-refractivity contribution is 5.48. The van der Waals surface area contributed by atoms with Crippen molar-refractivity contribution >= 4 is 0 Å². The Morgan fingerprint density at radius 3 is 0.879 bits per heavy atom. The van der Waals surface area contributed by atoms with Crippen LogP contribution < -0.4 is 9.47 Å². The number of hydrogen-bond donors (Lipinski definition) is 0. The van der Waals surface area contributed by atoms with Crippen molar-refractivity contribution in [1.82, 2.24) is 0 Å². The highest BCUT2D eigenvalue weighted by Crippen LogP contribution is 2.29. The molecule has 0 amide bonds. The molecule has 0 aromatic heterocycles. The molecule has 0 unspecified atom stereocenters. The zero-order valence-electron chi connectivity index (χ0n) is 36.3. The molecule has 0 radical (unpaired) electrons. The summed E-state index contributed by atoms with van der Waals surface area (Å²) in [6.07, 6.45) is 13.4. The molecule has 0 spiro atoms. The fraction of sp³-hybridized carbons (Fsp3) is 0.577. The first-order valence-electron chi connectivity index (χ1n) is 23.4. The second kappa shape index (κ2) is 20.5. The minimum Gasteiger partial charge on any atom is -0.493 e. The smallest absolute Gasteiger partial charge is 0.129 e. The van der Waals surface area contributed by atoms with Crippen molar-refractivity contribution in [3.8, 4) is 35.2 Å². The summed E-state index contributed by atoms with van der Waals surface area (Å²) in [5.74, 6) is 15.1. The quantitative estimate of drug-likeness (QED) is 0.0650. The Hall–Kier alpha value is -3.78. The van der Waals surface area contributed by atoms with Crippen LogP contribution in [0.25, 0.3) is 0 Å². The summed E-state index contributed by atoms with van der Waals surface area (Å²) in [6, 6.07) is 24.7. The number of benzene rings is 3. The van der Waals surface area contributed by atoms with E-state index in [1.807, 2.05) is 0 Å². The van der Waals surface area contributed by atoms with Crippen LogP contribution in [0.5, 0.6) is 11.5 Å². The Labute approximate surface area is 352 Å². The molecule has 310 valence electrons. The number of hydrogen-bond acceptors (Lipinski definition) is 2. The number of ether oxygens (including phenoxy) is 2. The lowest BCUT2D eigenvalue weighted by Crippen LogP contribution is -2.75. The lowest BCUT2D eigenvalue weighted by molar-refractivity contribution is -1.08. The Kier molecular flexibility index (Phi) is 14.9. The maximum absolute atomic E-state index is 6.17. The monoisotopic (exact) mass is 787 g/mol. The van der Waals surface area contributed by atoms with Gasteiger partial charge in [-0.15, -0.1) is 0 Å². The van der Waals surface area contributed by atoms with Gasteiger partial charge in [0.2, 0.25) is 0 Å². The number of piperazine rings is 6. The molecule has 6 heteroatoms. The van der Waals surface area contributed by atoms with Crippen LogP contribution in [-0.2, 0) is 0 Å². The van der Waals surface area contributed by atoms with Gasteiger partial charge >= 0.3 is 0 Å². The minimum absolute atomic E-state index is 0.788. The van der Waals surface area contributed by atoms with E-state index in [0.29, 0.717) is 0 Å². The van der Waals surface area contributed by atoms with E-state index < -0.39 is 0 Å². The molecular weight excluding hydrogens is 713 g/mol. The number of rotatable bonds is 20. The fourth-order valence-corrected chi connectivity index (χ4v) is 10.4. The molecule has 9 rings (SSSR count). The van der Waals surface area contributed by atoms with E-state index in [9.17, 15) is 0 Å². The normalized spacial score (nSPS) is 25.7. The minimum atomic E-state index is 0.788. The van der Waals surface area contributed by atoms with Gasteiger partial charge in [0.25, 0.3) is 0 Å². The zero-order chi connectivity index (χ0) is 40.0. The topological polar surface area (TPSA) is 18.5 Å². The molecule has 0 atom stereocenters. The molecular formula is C52H74N4O2+4. The Bertz CT molecular complexity index is 1660. The van der Waals surface area contributed by atoms with E-state index in [0.717, 1.165) is 59.8 Å². The molecule has 6 saturated heterocycles. The van der Waals surface area contributed by atoms with E-state index in [-0.39, 0.29) is 0 Å². The summed E-state index contributed by atoms with van der Waals surface area (Å²) in [5, 5.41) is 0. The molecule has 6 aliphatic rings. The average molecular weight is 787 g/mol. The van der Waals surface area contributed by atoms with Crippen LogP contribution in [0.3, 0.4) is 0 Å². The first kappa shape index (κ1) is 42.3. The van der Waals surface area contributed by atoms with E-state index in [1.165, 1.54) is 174 Å². The second-order valence-electron chi connectivity index (χ2n) is 18.6. The van der Waals surface area contributed by atoms with Crippen molar-refractivity contribution in [1.29, 1.82) is 0 Å². The molecule has 6 nitrogen and oxygen atoms in total. The molecule has 3 aromatic carbocycles. The number of nitrogens with zero attached hydrogens (tertiary/aromatic N) is 4. The summed E-state index contributed by atoms with van der Waals surface area (Å²) in [6.45, 7) is 28.0. The highest BCUT2D eigenvalue weighted by Gasteiger charge is 2.49. The third kappa shape index (κ3) is 11.7. The molecule has 6 fully saturated rings. The van der Waals surface area contributed by atoms with Crippen molar-refractivity contribution in [2.75, 3.05) is 118 Å². The van der Waals surface area contributed by atoms with Gasteiger partial charge in [-0.25, -0.2) is 0 Å². The van der Waals surface area contributed by atoms with E-state index in [1.54, 1.807) is 0 Å². The fourth-order valence-electron chi connectivity index (χ4n) is 10.4. The van der Waals surface area contributed by atoms with Gasteiger partial charge in [0.05, 0.1) is 39.4 Å². The van der Waals surface area contributed by atoms with Gasteiger partial charge in [-0.05, 0) is 98.5 Å². The van der Waals surface area contributed by atoms with Gasteiger partial charge in [0.15, 0.2) is 0 Å². The zero-order valence-corrected chi connectivity index (χ0v) is 36.3. The van der Waals surface area contributed by atoms with Crippen LogP contribution in [0.15, 0.2) is 72.8 Å². The predicted molar refractivity (Wildman–Crippen MR) is 239 cm³/mol. The van der Waals surface area contributed by atoms with Crippen molar-refractivity contribution in [2.24, 2.45) is 0 Å². The Balaban J connectivity index is 0.773. The van der Waals surface area contributed by atoms with Crippen molar-refractivity contribution < 1.29 is 27.4 Å². The maximum atomic E-state index is 6.17. The SMILES string of the molecule is CCCCCC[N+]12CC[N+](CCCOc3ccc(C#Cc4ccc(C#Cc5ccc(OCCC[N+]67CC[N+](CCCCCC)(CC6)CC7)cc5)cc4)cc3)(CC1)CC2. The van der Waals surface area contributed by atoms with Gasteiger partial charge in [0.1, 0.15) is 90.0 Å². The number of fused-ring (bicyclic) bond motifs is 6. The lowest BCUT2D eigenvalue weighted by atomic mass is 10.0. The summed E-state index contributed by atoms with van der Waals surface area (Å²) < 4.78 is 17.8. The lowest BCUT2D eigenvalue weighted by Gasteiger charge is -2.55. The van der Waals surface area contributed by atoms with E-state index in [2.05, 4.69) is 110 Å². The summed E-state index contributed by atoms with van der Waals surface area (Å²) in [4.78, 5) is 0. The van der Waals surface area contributed by atoms with Crippen LogP contribution >= 0.6 is 0 Å². The highest BCUT2D eigenvalue weighted by atomic mass is 16.5. The van der Waals surface area contributed by atoms with Crippen molar-refractivity contribution in [2.45, 2.75) is 78.1 Å². The standard InChI is InChI=1S/C52H74N4O2/c1-3-5-7-9-29-53-33-39-55(40-34-53,41-35-53)31-11-45-57-51-25-21-49(22-26-51)19-17-47-13-15-48(16-14-47)18-20-50-23-27-52(28-24-50)58-46-12-32-56-42-36-54(37-43-56,38-44-56)30-10-8-6-4-2/h13-16,21-28H,3-12,29-46H2,1-2H3/q+4. The number of unbranched alkanes of at least 4 members (excludes halogenated alkanes) is 6. The Morgan fingerprint density at radius 2 is 0.603 bits per heavy atom. The maximum Gasteiger partial charge on any atom is 0.129 e. The number of quaternary nitrogens is 4. The summed E-state index contributed by atoms with van der Waals surface area (Å²) in [7, 11) is 0. The van der Waals surface area contributed by atoms with E-state index in [4.69, 9.17) is 9.47 Å². The largest absolute Gasteiger partial charge is 0.493 e. The van der Waals surface area contributed by atoms with Crippen LogP contribution in [0.2, 0.25) is 0 Å². The molecule has 6 heterocycles. The van der Waals surface area contributed by atoms with Crippen molar-refractivity contribution in [3.05, 3.63) is 95.1 Å². The Morgan fingerprint density at radius 1 is 0.345 bits per heavy atom.